The predicted octanol–water partition coefficient (Wildman–Crippen LogP) is 3.28. The first-order valence-electron chi connectivity index (χ1n) is 8.62. The van der Waals surface area contributed by atoms with Crippen LogP contribution in [0.2, 0.25) is 0 Å². The summed E-state index contributed by atoms with van der Waals surface area (Å²) in [5.41, 5.74) is 3.23. The van der Waals surface area contributed by atoms with Crippen molar-refractivity contribution in [3.05, 3.63) is 46.0 Å². The van der Waals surface area contributed by atoms with Gasteiger partial charge in [0, 0.05) is 32.2 Å². The molecule has 0 unspecified atom stereocenters. The Hall–Kier alpha value is -1.92. The Balaban J connectivity index is 1.79. The topological polar surface area (TPSA) is 63.2 Å². The van der Waals surface area contributed by atoms with E-state index in [1.54, 1.807) is 0 Å². The van der Waals surface area contributed by atoms with Crippen LogP contribution in [-0.4, -0.2) is 37.7 Å². The molecule has 0 aliphatic carbocycles. The molecule has 3 rings (SSSR count). The molecule has 6 heteroatoms. The lowest BCUT2D eigenvalue weighted by Crippen LogP contribution is -2.44. The lowest BCUT2D eigenvalue weighted by atomic mass is 9.73. The average Bonchev–Trinajstić information content (AvgIpc) is 3.01. The van der Waals surface area contributed by atoms with Gasteiger partial charge in [-0.3, -0.25) is 4.79 Å². The molecule has 1 aromatic carbocycles. The Morgan fingerprint density at radius 1 is 1.32 bits per heavy atom. The monoisotopic (exact) mass is 359 g/mol. The van der Waals surface area contributed by atoms with E-state index in [1.807, 2.05) is 14.0 Å². The summed E-state index contributed by atoms with van der Waals surface area (Å²) in [5, 5.41) is 6.92. The smallest absolute Gasteiger partial charge is 0.263 e. The second-order valence-electron chi connectivity index (χ2n) is 6.63. The van der Waals surface area contributed by atoms with Gasteiger partial charge in [0.15, 0.2) is 5.13 Å². The van der Waals surface area contributed by atoms with Gasteiger partial charge in [-0.25, -0.2) is 4.98 Å². The molecule has 2 aromatic rings. The minimum atomic E-state index is -0.0651. The summed E-state index contributed by atoms with van der Waals surface area (Å²) in [5.74, 6) is -0.0463. The minimum Gasteiger partial charge on any atom is -0.381 e. The molecule has 2 heterocycles. The summed E-state index contributed by atoms with van der Waals surface area (Å²) >= 11 is 1.39. The molecule has 134 valence electrons. The third-order valence-corrected chi connectivity index (χ3v) is 6.06. The predicted molar refractivity (Wildman–Crippen MR) is 102 cm³/mol. The summed E-state index contributed by atoms with van der Waals surface area (Å²) in [6.07, 6.45) is 1.83. The van der Waals surface area contributed by atoms with Gasteiger partial charge in [0.1, 0.15) is 4.88 Å². The van der Waals surface area contributed by atoms with Gasteiger partial charge in [0.05, 0.1) is 5.69 Å². The van der Waals surface area contributed by atoms with Gasteiger partial charge in [-0.15, -0.1) is 0 Å². The SMILES string of the molecule is CNc1nc(C)c(C(=O)NCC2(c3cccc(C)c3)CCOCC2)s1. The number of rotatable bonds is 5. The molecule has 1 aromatic heterocycles. The maximum absolute atomic E-state index is 12.7. The number of ether oxygens (including phenoxy) is 1. The van der Waals surface area contributed by atoms with Crippen molar-refractivity contribution >= 4 is 22.4 Å². The zero-order valence-electron chi connectivity index (χ0n) is 15.0. The molecule has 1 saturated heterocycles. The number of nitrogens with one attached hydrogen (secondary N) is 2. The maximum atomic E-state index is 12.7. The Kier molecular flexibility index (Phi) is 5.39. The molecule has 25 heavy (non-hydrogen) atoms. The van der Waals surface area contributed by atoms with E-state index in [0.29, 0.717) is 11.4 Å². The van der Waals surface area contributed by atoms with Crippen LogP contribution >= 0.6 is 11.3 Å². The fraction of sp³-hybridized carbons (Fsp3) is 0.474. The van der Waals surface area contributed by atoms with Gasteiger partial charge in [0.2, 0.25) is 0 Å². The van der Waals surface area contributed by atoms with Crippen molar-refractivity contribution in [1.82, 2.24) is 10.3 Å². The molecule has 5 nitrogen and oxygen atoms in total. The van der Waals surface area contributed by atoms with Gasteiger partial charge in [-0.1, -0.05) is 41.2 Å². The Morgan fingerprint density at radius 2 is 2.08 bits per heavy atom. The molecular weight excluding hydrogens is 334 g/mol. The van der Waals surface area contributed by atoms with Crippen molar-refractivity contribution in [1.29, 1.82) is 0 Å². The third kappa shape index (κ3) is 3.85. The quantitative estimate of drug-likeness (QED) is 0.860. The Morgan fingerprint density at radius 3 is 2.72 bits per heavy atom. The molecule has 2 N–H and O–H groups in total. The highest BCUT2D eigenvalue weighted by Crippen LogP contribution is 2.35. The van der Waals surface area contributed by atoms with Gasteiger partial charge >= 0.3 is 0 Å². The average molecular weight is 359 g/mol. The highest BCUT2D eigenvalue weighted by Gasteiger charge is 2.35. The lowest BCUT2D eigenvalue weighted by Gasteiger charge is -2.38. The van der Waals surface area contributed by atoms with Gasteiger partial charge in [-0.05, 0) is 32.3 Å². The maximum Gasteiger partial charge on any atom is 0.263 e. The number of thiazole rings is 1. The molecule has 0 bridgehead atoms. The molecular formula is C19H25N3O2S. The van der Waals surface area contributed by atoms with Crippen LogP contribution in [0.5, 0.6) is 0 Å². The Bertz CT molecular complexity index is 751. The van der Waals surface area contributed by atoms with Crippen LogP contribution in [0.4, 0.5) is 5.13 Å². The summed E-state index contributed by atoms with van der Waals surface area (Å²) < 4.78 is 5.58. The van der Waals surface area contributed by atoms with Gasteiger partial charge in [-0.2, -0.15) is 0 Å². The minimum absolute atomic E-state index is 0.0463. The van der Waals surface area contributed by atoms with Crippen molar-refractivity contribution in [2.75, 3.05) is 32.1 Å². The van der Waals surface area contributed by atoms with Crippen LogP contribution < -0.4 is 10.6 Å². The molecule has 0 saturated carbocycles. The highest BCUT2D eigenvalue weighted by molar-refractivity contribution is 7.17. The number of carbonyl (C=O) groups excluding carboxylic acids is 1. The summed E-state index contributed by atoms with van der Waals surface area (Å²) in [7, 11) is 1.81. The summed E-state index contributed by atoms with van der Waals surface area (Å²) in [6.45, 7) is 6.05. The Labute approximate surface area is 152 Å². The number of nitrogens with zero attached hydrogens (tertiary/aromatic N) is 1. The van der Waals surface area contributed by atoms with Crippen LogP contribution in [0.15, 0.2) is 24.3 Å². The van der Waals surface area contributed by atoms with Crippen LogP contribution in [0, 0.1) is 13.8 Å². The third-order valence-electron chi connectivity index (χ3n) is 4.88. The standard InChI is InChI=1S/C19H25N3O2S/c1-13-5-4-6-15(11-13)19(7-9-24-10-8-19)12-21-17(23)16-14(2)22-18(20-3)25-16/h4-6,11H,7-10,12H2,1-3H3,(H,20,22)(H,21,23). The molecule has 0 spiro atoms. The highest BCUT2D eigenvalue weighted by atomic mass is 32.1. The molecule has 1 aliphatic heterocycles. The number of hydrogen-bond acceptors (Lipinski definition) is 5. The molecule has 0 atom stereocenters. The van der Waals surface area contributed by atoms with Crippen molar-refractivity contribution < 1.29 is 9.53 Å². The van der Waals surface area contributed by atoms with Crippen LogP contribution in [-0.2, 0) is 10.2 Å². The zero-order chi connectivity index (χ0) is 17.9. The molecule has 1 amide bonds. The first-order valence-corrected chi connectivity index (χ1v) is 9.44. The number of aryl methyl sites for hydroxylation is 2. The van der Waals surface area contributed by atoms with Crippen molar-refractivity contribution in [2.24, 2.45) is 0 Å². The molecule has 1 aliphatic rings. The number of anilines is 1. The van der Waals surface area contributed by atoms with Crippen LogP contribution in [0.1, 0.15) is 39.3 Å². The van der Waals surface area contributed by atoms with E-state index in [2.05, 4.69) is 46.8 Å². The number of aromatic nitrogens is 1. The number of benzene rings is 1. The first-order chi connectivity index (χ1) is 12.0. The number of amides is 1. The van der Waals surface area contributed by atoms with E-state index in [4.69, 9.17) is 4.74 Å². The lowest BCUT2D eigenvalue weighted by molar-refractivity contribution is 0.0487. The second kappa shape index (κ2) is 7.54. The molecule has 0 radical (unpaired) electrons. The van der Waals surface area contributed by atoms with E-state index in [9.17, 15) is 4.79 Å². The largest absolute Gasteiger partial charge is 0.381 e. The van der Waals surface area contributed by atoms with E-state index >= 15 is 0 Å². The fourth-order valence-electron chi connectivity index (χ4n) is 3.35. The summed E-state index contributed by atoms with van der Waals surface area (Å²) in [4.78, 5) is 17.7. The van der Waals surface area contributed by atoms with E-state index in [1.165, 1.54) is 22.5 Å². The van der Waals surface area contributed by atoms with Crippen LogP contribution in [0.25, 0.3) is 0 Å². The normalized spacial score (nSPS) is 16.4. The number of carbonyl (C=O) groups is 1. The number of hydrogen-bond donors (Lipinski definition) is 2. The van der Waals surface area contributed by atoms with Gasteiger partial charge in [0.25, 0.3) is 5.91 Å². The van der Waals surface area contributed by atoms with E-state index in [0.717, 1.165) is 36.9 Å². The van der Waals surface area contributed by atoms with Crippen molar-refractivity contribution in [3.8, 4) is 0 Å². The van der Waals surface area contributed by atoms with E-state index < -0.39 is 0 Å². The first kappa shape index (κ1) is 17.9. The zero-order valence-corrected chi connectivity index (χ0v) is 15.8. The molecule has 1 fully saturated rings. The van der Waals surface area contributed by atoms with Crippen molar-refractivity contribution in [2.45, 2.75) is 32.1 Å². The fourth-order valence-corrected chi connectivity index (χ4v) is 4.18. The van der Waals surface area contributed by atoms with Crippen LogP contribution in [0.3, 0.4) is 0 Å². The second-order valence-corrected chi connectivity index (χ2v) is 7.63. The van der Waals surface area contributed by atoms with E-state index in [-0.39, 0.29) is 11.3 Å². The summed E-state index contributed by atoms with van der Waals surface area (Å²) in [6, 6.07) is 8.60. The van der Waals surface area contributed by atoms with Crippen molar-refractivity contribution in [3.63, 3.8) is 0 Å². The van der Waals surface area contributed by atoms with Gasteiger partial charge < -0.3 is 15.4 Å².